The SMILES string of the molecule is Cc1[nH]ncc1CNc1ccccc1CC(N)=O. The Balaban J connectivity index is 2.09. The molecule has 0 spiro atoms. The number of hydrogen-bond donors (Lipinski definition) is 3. The average Bonchev–Trinajstić information content (AvgIpc) is 2.73. The van der Waals surface area contributed by atoms with Crippen LogP contribution in [0.2, 0.25) is 0 Å². The van der Waals surface area contributed by atoms with E-state index in [0.717, 1.165) is 22.5 Å². The highest BCUT2D eigenvalue weighted by Gasteiger charge is 2.06. The van der Waals surface area contributed by atoms with Gasteiger partial charge < -0.3 is 11.1 Å². The van der Waals surface area contributed by atoms with Crippen molar-refractivity contribution in [2.75, 3.05) is 5.32 Å². The maximum absolute atomic E-state index is 11.0. The predicted molar refractivity (Wildman–Crippen MR) is 70.0 cm³/mol. The van der Waals surface area contributed by atoms with Crippen LogP contribution in [0.15, 0.2) is 30.5 Å². The Morgan fingerprint density at radius 2 is 2.17 bits per heavy atom. The fourth-order valence-electron chi connectivity index (χ4n) is 1.78. The first kappa shape index (κ1) is 12.2. The van der Waals surface area contributed by atoms with E-state index in [2.05, 4.69) is 15.5 Å². The van der Waals surface area contributed by atoms with Crippen molar-refractivity contribution in [3.63, 3.8) is 0 Å². The van der Waals surface area contributed by atoms with E-state index >= 15 is 0 Å². The van der Waals surface area contributed by atoms with Gasteiger partial charge in [0.25, 0.3) is 0 Å². The van der Waals surface area contributed by atoms with Gasteiger partial charge in [-0.1, -0.05) is 18.2 Å². The zero-order valence-corrected chi connectivity index (χ0v) is 10.2. The van der Waals surface area contributed by atoms with Crippen molar-refractivity contribution in [1.29, 1.82) is 0 Å². The molecule has 1 aromatic heterocycles. The molecule has 2 rings (SSSR count). The summed E-state index contributed by atoms with van der Waals surface area (Å²) in [5.74, 6) is -0.330. The minimum atomic E-state index is -0.330. The minimum absolute atomic E-state index is 0.244. The topological polar surface area (TPSA) is 83.8 Å². The number of nitrogens with zero attached hydrogens (tertiary/aromatic N) is 1. The summed E-state index contributed by atoms with van der Waals surface area (Å²) in [6, 6.07) is 7.66. The number of nitrogens with two attached hydrogens (primary N) is 1. The zero-order valence-electron chi connectivity index (χ0n) is 10.2. The van der Waals surface area contributed by atoms with E-state index in [-0.39, 0.29) is 12.3 Å². The molecule has 18 heavy (non-hydrogen) atoms. The first-order chi connectivity index (χ1) is 8.66. The van der Waals surface area contributed by atoms with Crippen LogP contribution in [0.5, 0.6) is 0 Å². The summed E-state index contributed by atoms with van der Waals surface area (Å²) in [6.07, 6.45) is 2.03. The van der Waals surface area contributed by atoms with Crippen molar-refractivity contribution in [1.82, 2.24) is 10.2 Å². The fourth-order valence-corrected chi connectivity index (χ4v) is 1.78. The van der Waals surface area contributed by atoms with Crippen LogP contribution in [0.4, 0.5) is 5.69 Å². The van der Waals surface area contributed by atoms with E-state index in [9.17, 15) is 4.79 Å². The summed E-state index contributed by atoms with van der Waals surface area (Å²) in [5.41, 5.74) is 9.20. The normalized spacial score (nSPS) is 10.3. The molecular formula is C13H16N4O. The average molecular weight is 244 g/mol. The van der Waals surface area contributed by atoms with Crippen molar-refractivity contribution in [2.24, 2.45) is 5.73 Å². The third-order valence-electron chi connectivity index (χ3n) is 2.79. The van der Waals surface area contributed by atoms with Crippen molar-refractivity contribution >= 4 is 11.6 Å². The lowest BCUT2D eigenvalue weighted by molar-refractivity contribution is -0.117. The number of amides is 1. The highest BCUT2D eigenvalue weighted by atomic mass is 16.1. The Bertz CT molecular complexity index is 547. The van der Waals surface area contributed by atoms with Gasteiger partial charge in [0.15, 0.2) is 0 Å². The van der Waals surface area contributed by atoms with Crippen LogP contribution in [0.25, 0.3) is 0 Å². The highest BCUT2D eigenvalue weighted by molar-refractivity contribution is 5.78. The largest absolute Gasteiger partial charge is 0.381 e. The second-order valence-electron chi connectivity index (χ2n) is 4.17. The Labute approximate surface area is 105 Å². The van der Waals surface area contributed by atoms with Crippen LogP contribution in [0.3, 0.4) is 0 Å². The smallest absolute Gasteiger partial charge is 0.221 e. The number of anilines is 1. The van der Waals surface area contributed by atoms with Crippen molar-refractivity contribution in [3.05, 3.63) is 47.3 Å². The lowest BCUT2D eigenvalue weighted by Gasteiger charge is -2.10. The number of aromatic amines is 1. The number of benzene rings is 1. The summed E-state index contributed by atoms with van der Waals surface area (Å²) in [7, 11) is 0. The van der Waals surface area contributed by atoms with Gasteiger partial charge in [0.05, 0.1) is 12.6 Å². The number of nitrogens with one attached hydrogen (secondary N) is 2. The molecule has 0 saturated heterocycles. The van der Waals surface area contributed by atoms with Crippen LogP contribution >= 0.6 is 0 Å². The lowest BCUT2D eigenvalue weighted by atomic mass is 10.1. The summed E-state index contributed by atoms with van der Waals surface area (Å²) in [6.45, 7) is 2.64. The van der Waals surface area contributed by atoms with Crippen LogP contribution < -0.4 is 11.1 Å². The number of H-pyrrole nitrogens is 1. The molecule has 1 aromatic carbocycles. The van der Waals surface area contributed by atoms with Crippen LogP contribution in [0, 0.1) is 6.92 Å². The number of primary amides is 1. The Morgan fingerprint density at radius 1 is 1.39 bits per heavy atom. The van der Waals surface area contributed by atoms with Gasteiger partial charge in [-0.05, 0) is 18.6 Å². The van der Waals surface area contributed by atoms with Gasteiger partial charge in [-0.25, -0.2) is 0 Å². The zero-order chi connectivity index (χ0) is 13.0. The Hall–Kier alpha value is -2.30. The fraction of sp³-hybridized carbons (Fsp3) is 0.231. The number of carbonyl (C=O) groups excluding carboxylic acids is 1. The third kappa shape index (κ3) is 2.88. The van der Waals surface area contributed by atoms with Gasteiger partial charge >= 0.3 is 0 Å². The third-order valence-corrected chi connectivity index (χ3v) is 2.79. The number of hydrogen-bond acceptors (Lipinski definition) is 3. The van der Waals surface area contributed by atoms with Crippen LogP contribution in [-0.2, 0) is 17.8 Å². The van der Waals surface area contributed by atoms with Crippen LogP contribution in [-0.4, -0.2) is 16.1 Å². The maximum atomic E-state index is 11.0. The van der Waals surface area contributed by atoms with Gasteiger partial charge in [0.2, 0.25) is 5.91 Å². The predicted octanol–water partition coefficient (Wildman–Crippen LogP) is 1.36. The first-order valence-corrected chi connectivity index (χ1v) is 5.75. The summed E-state index contributed by atoms with van der Waals surface area (Å²) in [5, 5.41) is 10.1. The van der Waals surface area contributed by atoms with Gasteiger partial charge in [-0.2, -0.15) is 5.10 Å². The molecule has 0 saturated carbocycles. The molecule has 0 aliphatic rings. The number of para-hydroxylation sites is 1. The molecule has 4 N–H and O–H groups in total. The van der Waals surface area contributed by atoms with E-state index in [1.54, 1.807) is 6.20 Å². The van der Waals surface area contributed by atoms with Crippen molar-refractivity contribution in [3.8, 4) is 0 Å². The molecule has 1 amide bonds. The lowest BCUT2D eigenvalue weighted by Crippen LogP contribution is -2.15. The molecule has 94 valence electrons. The monoisotopic (exact) mass is 244 g/mol. The molecule has 2 aromatic rings. The molecule has 0 atom stereocenters. The van der Waals surface area contributed by atoms with Gasteiger partial charge in [-0.15, -0.1) is 0 Å². The second kappa shape index (κ2) is 5.35. The van der Waals surface area contributed by atoms with Gasteiger partial charge in [-0.3, -0.25) is 9.89 Å². The molecule has 0 radical (unpaired) electrons. The molecule has 1 heterocycles. The summed E-state index contributed by atoms with van der Waals surface area (Å²) >= 11 is 0. The van der Waals surface area contributed by atoms with E-state index in [4.69, 9.17) is 5.73 Å². The summed E-state index contributed by atoms with van der Waals surface area (Å²) in [4.78, 5) is 11.0. The Morgan fingerprint density at radius 3 is 2.83 bits per heavy atom. The minimum Gasteiger partial charge on any atom is -0.381 e. The maximum Gasteiger partial charge on any atom is 0.221 e. The van der Waals surface area contributed by atoms with Crippen molar-refractivity contribution in [2.45, 2.75) is 19.9 Å². The molecule has 0 unspecified atom stereocenters. The number of aromatic nitrogens is 2. The molecule has 0 bridgehead atoms. The molecule has 5 heteroatoms. The molecule has 0 aliphatic carbocycles. The number of rotatable bonds is 5. The van der Waals surface area contributed by atoms with E-state index in [1.165, 1.54) is 0 Å². The van der Waals surface area contributed by atoms with E-state index in [0.29, 0.717) is 6.54 Å². The number of aryl methyl sites for hydroxylation is 1. The molecule has 5 nitrogen and oxygen atoms in total. The second-order valence-corrected chi connectivity index (χ2v) is 4.17. The van der Waals surface area contributed by atoms with Crippen molar-refractivity contribution < 1.29 is 4.79 Å². The first-order valence-electron chi connectivity index (χ1n) is 5.75. The number of carbonyl (C=O) groups is 1. The Kier molecular flexibility index (Phi) is 3.62. The molecular weight excluding hydrogens is 228 g/mol. The van der Waals surface area contributed by atoms with E-state index in [1.807, 2.05) is 31.2 Å². The summed E-state index contributed by atoms with van der Waals surface area (Å²) < 4.78 is 0. The van der Waals surface area contributed by atoms with E-state index < -0.39 is 0 Å². The standard InChI is InChI=1S/C13H16N4O/c1-9-11(8-16-17-9)7-15-12-5-3-2-4-10(12)6-13(14)18/h2-5,8,15H,6-7H2,1H3,(H2,14,18)(H,16,17). The highest BCUT2D eigenvalue weighted by Crippen LogP contribution is 2.17. The van der Waals surface area contributed by atoms with Gasteiger partial charge in [0.1, 0.15) is 0 Å². The molecule has 0 aliphatic heterocycles. The quantitative estimate of drug-likeness (QED) is 0.742. The van der Waals surface area contributed by atoms with Gasteiger partial charge in [0, 0.05) is 23.5 Å². The molecule has 0 fully saturated rings. The van der Waals surface area contributed by atoms with Crippen LogP contribution in [0.1, 0.15) is 16.8 Å².